The summed E-state index contributed by atoms with van der Waals surface area (Å²) in [5.74, 6) is -2.52. The van der Waals surface area contributed by atoms with Gasteiger partial charge in [-0.3, -0.25) is 23.9 Å². The van der Waals surface area contributed by atoms with Gasteiger partial charge in [0.05, 0.1) is 17.7 Å². The predicted octanol–water partition coefficient (Wildman–Crippen LogP) is 5.58. The van der Waals surface area contributed by atoms with Crippen LogP contribution in [0, 0.1) is 11.6 Å². The molecular formula is C36H32F2N6O3. The zero-order valence-corrected chi connectivity index (χ0v) is 25.7. The summed E-state index contributed by atoms with van der Waals surface area (Å²) in [4.78, 5) is 53.8. The van der Waals surface area contributed by atoms with Crippen molar-refractivity contribution in [3.63, 3.8) is 0 Å². The van der Waals surface area contributed by atoms with Gasteiger partial charge in [0.2, 0.25) is 11.7 Å². The summed E-state index contributed by atoms with van der Waals surface area (Å²) in [5, 5.41) is 3.48. The van der Waals surface area contributed by atoms with Crippen LogP contribution in [-0.2, 0) is 6.54 Å². The molecule has 0 aliphatic carbocycles. The third-order valence-corrected chi connectivity index (χ3v) is 9.08. The van der Waals surface area contributed by atoms with Crippen LogP contribution >= 0.6 is 0 Å². The highest BCUT2D eigenvalue weighted by Gasteiger charge is 2.30. The fourth-order valence-electron chi connectivity index (χ4n) is 6.64. The van der Waals surface area contributed by atoms with Crippen LogP contribution in [0.15, 0.2) is 83.8 Å². The van der Waals surface area contributed by atoms with Gasteiger partial charge in [0.25, 0.3) is 5.56 Å². The number of nitrogens with zero attached hydrogens (tertiary/aromatic N) is 5. The number of nitrogens with one attached hydrogen (secondary N) is 1. The first-order valence-electron chi connectivity index (χ1n) is 15.6. The third kappa shape index (κ3) is 5.90. The van der Waals surface area contributed by atoms with E-state index in [0.29, 0.717) is 11.4 Å². The Morgan fingerprint density at radius 1 is 0.915 bits per heavy atom. The number of carbonyl (C=O) groups is 2. The molecule has 2 aliphatic heterocycles. The van der Waals surface area contributed by atoms with Crippen LogP contribution in [0.4, 0.5) is 26.1 Å². The number of hydrogen-bond donors (Lipinski definition) is 1. The van der Waals surface area contributed by atoms with Gasteiger partial charge in [-0.2, -0.15) is 4.98 Å². The van der Waals surface area contributed by atoms with Crippen molar-refractivity contribution in [1.29, 1.82) is 0 Å². The second-order valence-corrected chi connectivity index (χ2v) is 12.0. The van der Waals surface area contributed by atoms with Crippen molar-refractivity contribution in [2.24, 2.45) is 0 Å². The minimum atomic E-state index is -0.833. The second kappa shape index (κ2) is 12.5. The molecule has 3 aromatic carbocycles. The lowest BCUT2D eigenvalue weighted by Gasteiger charge is -2.38. The normalized spacial score (nSPS) is 16.3. The van der Waals surface area contributed by atoms with E-state index in [9.17, 15) is 18.8 Å². The molecule has 47 heavy (non-hydrogen) atoms. The fraction of sp³-hybridized carbons (Fsp3) is 0.250. The van der Waals surface area contributed by atoms with E-state index >= 15 is 4.39 Å². The summed E-state index contributed by atoms with van der Waals surface area (Å²) in [5.41, 5.74) is 0.620. The molecule has 5 aromatic rings. The number of carbonyl (C=O) groups excluding carboxylic acids is 2. The molecule has 11 heteroatoms. The number of benzene rings is 3. The van der Waals surface area contributed by atoms with Crippen LogP contribution in [-0.4, -0.2) is 63.2 Å². The number of Topliss-reactive ketones (excluding diaryl/α,β-unsaturated/α-hetero) is 1. The van der Waals surface area contributed by atoms with Gasteiger partial charge in [-0.25, -0.2) is 13.8 Å². The molecule has 1 unspecified atom stereocenters. The first kappa shape index (κ1) is 30.4. The number of halogens is 2. The first-order valence-corrected chi connectivity index (χ1v) is 15.6. The molecule has 0 saturated carbocycles. The highest BCUT2D eigenvalue weighted by Crippen LogP contribution is 2.27. The summed E-state index contributed by atoms with van der Waals surface area (Å²) in [6.45, 7) is 5.14. The van der Waals surface area contributed by atoms with Crippen molar-refractivity contribution in [2.45, 2.75) is 32.4 Å². The maximum absolute atomic E-state index is 15.2. The first-order chi connectivity index (χ1) is 22.8. The van der Waals surface area contributed by atoms with Crippen molar-refractivity contribution in [2.75, 3.05) is 36.4 Å². The molecule has 0 spiro atoms. The molecule has 0 radical (unpaired) electrons. The Hall–Kier alpha value is -5.29. The van der Waals surface area contributed by atoms with Crippen molar-refractivity contribution < 1.29 is 18.4 Å². The Morgan fingerprint density at radius 2 is 1.68 bits per heavy atom. The quantitative estimate of drug-likeness (QED) is 0.221. The number of anilines is 3. The Kier molecular flexibility index (Phi) is 8.07. The molecule has 2 fully saturated rings. The highest BCUT2D eigenvalue weighted by molar-refractivity contribution is 6.10. The van der Waals surface area contributed by atoms with Crippen molar-refractivity contribution in [3.8, 4) is 0 Å². The lowest BCUT2D eigenvalue weighted by Crippen LogP contribution is -2.50. The SMILES string of the molecule is CC(=O)c1cccc(F)c1Cn1c(=O)c(C(=O)c2ccccc2F)cc2cnc(Nc3ccc(N4CCN5CCCC5C4)cc3)nc21. The van der Waals surface area contributed by atoms with E-state index in [0.717, 1.165) is 41.6 Å². The van der Waals surface area contributed by atoms with Gasteiger partial charge < -0.3 is 10.2 Å². The molecular weight excluding hydrogens is 602 g/mol. The average Bonchev–Trinajstić information content (AvgIpc) is 3.55. The fourth-order valence-corrected chi connectivity index (χ4v) is 6.64. The molecule has 4 heterocycles. The number of ketones is 2. The van der Waals surface area contributed by atoms with Gasteiger partial charge in [0.15, 0.2) is 5.78 Å². The maximum Gasteiger partial charge on any atom is 0.263 e. The largest absolute Gasteiger partial charge is 0.369 e. The number of aromatic nitrogens is 3. The van der Waals surface area contributed by atoms with Crippen LogP contribution in [0.2, 0.25) is 0 Å². The van der Waals surface area contributed by atoms with Gasteiger partial charge in [-0.15, -0.1) is 0 Å². The summed E-state index contributed by atoms with van der Waals surface area (Å²) >= 11 is 0. The van der Waals surface area contributed by atoms with E-state index in [1.165, 1.54) is 75.0 Å². The summed E-state index contributed by atoms with van der Waals surface area (Å²) < 4.78 is 30.9. The molecule has 238 valence electrons. The monoisotopic (exact) mass is 634 g/mol. The molecule has 1 atom stereocenters. The van der Waals surface area contributed by atoms with E-state index < -0.39 is 29.5 Å². The number of fused-ring (bicyclic) bond motifs is 2. The number of piperazine rings is 1. The van der Waals surface area contributed by atoms with Crippen LogP contribution in [0.1, 0.15) is 51.6 Å². The summed E-state index contributed by atoms with van der Waals surface area (Å²) in [6.07, 6.45) is 3.93. The Labute approximate surface area is 269 Å². The lowest BCUT2D eigenvalue weighted by molar-refractivity contribution is 0.101. The van der Waals surface area contributed by atoms with Crippen LogP contribution in [0.25, 0.3) is 11.0 Å². The van der Waals surface area contributed by atoms with Crippen molar-refractivity contribution in [1.82, 2.24) is 19.4 Å². The minimum Gasteiger partial charge on any atom is -0.369 e. The van der Waals surface area contributed by atoms with Crippen LogP contribution < -0.4 is 15.8 Å². The Balaban J connectivity index is 1.25. The minimum absolute atomic E-state index is 0.0268. The third-order valence-electron chi connectivity index (χ3n) is 9.08. The zero-order chi connectivity index (χ0) is 32.7. The van der Waals surface area contributed by atoms with Crippen molar-refractivity contribution in [3.05, 3.63) is 123 Å². The van der Waals surface area contributed by atoms with Crippen LogP contribution in [0.5, 0.6) is 0 Å². The lowest BCUT2D eigenvalue weighted by atomic mass is 10.0. The predicted molar refractivity (Wildman–Crippen MR) is 176 cm³/mol. The molecule has 2 saturated heterocycles. The Morgan fingerprint density at radius 3 is 2.47 bits per heavy atom. The van der Waals surface area contributed by atoms with E-state index in [2.05, 4.69) is 25.1 Å². The second-order valence-electron chi connectivity index (χ2n) is 12.0. The van der Waals surface area contributed by atoms with Crippen molar-refractivity contribution >= 4 is 39.9 Å². The molecule has 7 rings (SSSR count). The topological polar surface area (TPSA) is 100 Å². The van der Waals surface area contributed by atoms with Gasteiger partial charge in [0, 0.05) is 59.8 Å². The summed E-state index contributed by atoms with van der Waals surface area (Å²) in [6, 6.07) is 19.3. The number of hydrogen-bond acceptors (Lipinski definition) is 8. The standard InChI is InChI=1S/C36H32F2N6O3/c1-22(45)27-8-4-10-32(38)30(27)21-44-34-23(18-29(35(44)47)33(46)28-7-2-3-9-31(28)37)19-39-36(41-34)40-24-11-13-25(14-12-24)43-17-16-42-15-5-6-26(42)20-43/h2-4,7-14,18-19,26H,5-6,15-17,20-21H2,1H3,(H,39,40,41). The van der Waals surface area contributed by atoms with Crippen LogP contribution in [0.3, 0.4) is 0 Å². The number of rotatable bonds is 8. The molecule has 0 amide bonds. The molecule has 2 aromatic heterocycles. The van der Waals surface area contributed by atoms with Gasteiger partial charge in [-0.05, 0) is 74.8 Å². The zero-order valence-electron chi connectivity index (χ0n) is 25.7. The summed E-state index contributed by atoms with van der Waals surface area (Å²) in [7, 11) is 0. The van der Waals surface area contributed by atoms with E-state index in [4.69, 9.17) is 0 Å². The van der Waals surface area contributed by atoms with E-state index in [-0.39, 0.29) is 39.6 Å². The highest BCUT2D eigenvalue weighted by atomic mass is 19.1. The molecule has 1 N–H and O–H groups in total. The van der Waals surface area contributed by atoms with Gasteiger partial charge >= 0.3 is 0 Å². The Bertz CT molecular complexity index is 2080. The molecule has 2 aliphatic rings. The van der Waals surface area contributed by atoms with E-state index in [1.54, 1.807) is 0 Å². The van der Waals surface area contributed by atoms with Gasteiger partial charge in [-0.1, -0.05) is 24.3 Å². The number of pyridine rings is 1. The maximum atomic E-state index is 15.2. The average molecular weight is 635 g/mol. The van der Waals surface area contributed by atoms with E-state index in [1.807, 2.05) is 24.3 Å². The smallest absolute Gasteiger partial charge is 0.263 e. The van der Waals surface area contributed by atoms with Gasteiger partial charge in [0.1, 0.15) is 17.3 Å². The molecule has 9 nitrogen and oxygen atoms in total. The molecule has 0 bridgehead atoms.